The van der Waals surface area contributed by atoms with Crippen LogP contribution in [0.3, 0.4) is 0 Å². The Labute approximate surface area is 170 Å². The molecule has 152 valence electrons. The molecule has 0 saturated carbocycles. The maximum absolute atomic E-state index is 13.2. The molecule has 0 aliphatic carbocycles. The number of hydrogen-bond acceptors (Lipinski definition) is 3. The fraction of sp³-hybridized carbons (Fsp3) is 0.318. The normalized spacial score (nSPS) is 11.9. The zero-order valence-electron chi connectivity index (χ0n) is 17.2. The molecule has 1 N–H and O–H groups in total. The van der Waals surface area contributed by atoms with E-state index in [9.17, 15) is 9.18 Å². The van der Waals surface area contributed by atoms with Crippen LogP contribution in [0.15, 0.2) is 48.7 Å². The van der Waals surface area contributed by atoms with Gasteiger partial charge < -0.3 is 10.2 Å². The molecule has 2 heterocycles. The highest BCUT2D eigenvalue weighted by molar-refractivity contribution is 5.74. The Bertz CT molecular complexity index is 966. The largest absolute Gasteiger partial charge is 0.334 e. The number of nitrogens with one attached hydrogen (secondary N) is 1. The number of hydrogen-bond donors (Lipinski definition) is 1. The molecule has 0 fully saturated rings. The van der Waals surface area contributed by atoms with Gasteiger partial charge in [0.15, 0.2) is 5.82 Å². The van der Waals surface area contributed by atoms with E-state index in [1.165, 1.54) is 12.1 Å². The molecule has 0 aliphatic heterocycles. The van der Waals surface area contributed by atoms with Crippen LogP contribution < -0.4 is 5.32 Å². The van der Waals surface area contributed by atoms with Crippen LogP contribution in [0, 0.1) is 19.7 Å². The molecule has 6 nitrogen and oxygen atoms in total. The quantitative estimate of drug-likeness (QED) is 0.676. The van der Waals surface area contributed by atoms with Crippen LogP contribution in [-0.4, -0.2) is 32.2 Å². The van der Waals surface area contributed by atoms with Crippen molar-refractivity contribution in [1.82, 2.24) is 25.0 Å². The second-order valence-corrected chi connectivity index (χ2v) is 7.04. The van der Waals surface area contributed by atoms with Crippen LogP contribution in [-0.2, 0) is 6.54 Å². The Morgan fingerprint density at radius 1 is 1.21 bits per heavy atom. The number of halogens is 1. The molecule has 3 aromatic rings. The first kappa shape index (κ1) is 20.5. The van der Waals surface area contributed by atoms with Gasteiger partial charge in [0, 0.05) is 25.0 Å². The average molecular weight is 395 g/mol. The highest BCUT2D eigenvalue weighted by Crippen LogP contribution is 2.20. The van der Waals surface area contributed by atoms with Crippen molar-refractivity contribution in [3.8, 4) is 5.82 Å². The van der Waals surface area contributed by atoms with E-state index in [0.717, 1.165) is 28.3 Å². The number of aromatic nitrogens is 3. The Kier molecular flexibility index (Phi) is 6.26. The lowest BCUT2D eigenvalue weighted by Crippen LogP contribution is -2.41. The first-order chi connectivity index (χ1) is 13.9. The summed E-state index contributed by atoms with van der Waals surface area (Å²) in [4.78, 5) is 18.8. The zero-order chi connectivity index (χ0) is 21.0. The summed E-state index contributed by atoms with van der Waals surface area (Å²) in [6, 6.07) is 11.7. The van der Waals surface area contributed by atoms with Crippen LogP contribution in [0.5, 0.6) is 0 Å². The predicted molar refractivity (Wildman–Crippen MR) is 110 cm³/mol. The third-order valence-electron chi connectivity index (χ3n) is 4.90. The van der Waals surface area contributed by atoms with E-state index in [1.54, 1.807) is 27.9 Å². The SMILES string of the molecule is CCN(C(=O)NCc1ccc(-n2nc(C)cc2C)nc1)C(C)c1ccc(F)cc1. The maximum atomic E-state index is 13.2. The Morgan fingerprint density at radius 3 is 2.48 bits per heavy atom. The highest BCUT2D eigenvalue weighted by Gasteiger charge is 2.19. The van der Waals surface area contributed by atoms with Gasteiger partial charge in [0.05, 0.1) is 11.7 Å². The number of urea groups is 1. The van der Waals surface area contributed by atoms with E-state index in [0.29, 0.717) is 13.1 Å². The summed E-state index contributed by atoms with van der Waals surface area (Å²) < 4.78 is 14.9. The number of carbonyl (C=O) groups is 1. The fourth-order valence-corrected chi connectivity index (χ4v) is 3.30. The van der Waals surface area contributed by atoms with Gasteiger partial charge in [-0.2, -0.15) is 5.10 Å². The van der Waals surface area contributed by atoms with Crippen LogP contribution in [0.1, 0.15) is 42.4 Å². The summed E-state index contributed by atoms with van der Waals surface area (Å²) in [5, 5.41) is 7.36. The number of benzene rings is 1. The van der Waals surface area contributed by atoms with E-state index in [4.69, 9.17) is 0 Å². The second kappa shape index (κ2) is 8.86. The molecular weight excluding hydrogens is 369 g/mol. The lowest BCUT2D eigenvalue weighted by Gasteiger charge is -2.28. The van der Waals surface area contributed by atoms with Crippen molar-refractivity contribution < 1.29 is 9.18 Å². The van der Waals surface area contributed by atoms with Gasteiger partial charge in [-0.25, -0.2) is 18.9 Å². The van der Waals surface area contributed by atoms with Crippen molar-refractivity contribution in [3.05, 3.63) is 77.0 Å². The number of pyridine rings is 1. The van der Waals surface area contributed by atoms with Gasteiger partial charge in [-0.3, -0.25) is 0 Å². The average Bonchev–Trinajstić information content (AvgIpc) is 3.05. The number of nitrogens with zero attached hydrogens (tertiary/aromatic N) is 4. The molecule has 0 radical (unpaired) electrons. The van der Waals surface area contributed by atoms with E-state index in [2.05, 4.69) is 15.4 Å². The van der Waals surface area contributed by atoms with Crippen molar-refractivity contribution in [2.75, 3.05) is 6.54 Å². The van der Waals surface area contributed by atoms with Crippen molar-refractivity contribution >= 4 is 6.03 Å². The molecule has 0 spiro atoms. The van der Waals surface area contributed by atoms with Crippen LogP contribution >= 0.6 is 0 Å². The first-order valence-electron chi connectivity index (χ1n) is 9.67. The van der Waals surface area contributed by atoms with Gasteiger partial charge in [-0.15, -0.1) is 0 Å². The van der Waals surface area contributed by atoms with Crippen molar-refractivity contribution in [2.24, 2.45) is 0 Å². The van der Waals surface area contributed by atoms with Crippen LogP contribution in [0.25, 0.3) is 5.82 Å². The number of amides is 2. The van der Waals surface area contributed by atoms with Crippen LogP contribution in [0.2, 0.25) is 0 Å². The first-order valence-corrected chi connectivity index (χ1v) is 9.67. The molecule has 1 atom stereocenters. The zero-order valence-corrected chi connectivity index (χ0v) is 17.2. The smallest absolute Gasteiger partial charge is 0.318 e. The molecule has 2 amide bonds. The molecule has 1 aromatic carbocycles. The fourth-order valence-electron chi connectivity index (χ4n) is 3.30. The predicted octanol–water partition coefficient (Wildman–Crippen LogP) is 4.32. The minimum atomic E-state index is -0.287. The lowest BCUT2D eigenvalue weighted by atomic mass is 10.1. The van der Waals surface area contributed by atoms with E-state index >= 15 is 0 Å². The summed E-state index contributed by atoms with van der Waals surface area (Å²) in [5.41, 5.74) is 3.74. The molecule has 0 saturated heterocycles. The molecular formula is C22H26FN5O. The number of aryl methyl sites for hydroxylation is 2. The van der Waals surface area contributed by atoms with Crippen LogP contribution in [0.4, 0.5) is 9.18 Å². The minimum absolute atomic E-state index is 0.160. The van der Waals surface area contributed by atoms with Gasteiger partial charge in [0.25, 0.3) is 0 Å². The topological polar surface area (TPSA) is 63.1 Å². The molecule has 29 heavy (non-hydrogen) atoms. The molecule has 3 rings (SSSR count). The highest BCUT2D eigenvalue weighted by atomic mass is 19.1. The number of rotatable bonds is 6. The summed E-state index contributed by atoms with van der Waals surface area (Å²) in [6.07, 6.45) is 1.74. The van der Waals surface area contributed by atoms with Crippen molar-refractivity contribution in [3.63, 3.8) is 0 Å². The summed E-state index contributed by atoms with van der Waals surface area (Å²) in [6.45, 7) is 8.69. The second-order valence-electron chi connectivity index (χ2n) is 7.04. The minimum Gasteiger partial charge on any atom is -0.334 e. The van der Waals surface area contributed by atoms with E-state index in [-0.39, 0.29) is 17.9 Å². The molecule has 2 aromatic heterocycles. The Hall–Kier alpha value is -3.22. The summed E-state index contributed by atoms with van der Waals surface area (Å²) in [7, 11) is 0. The van der Waals surface area contributed by atoms with Gasteiger partial charge >= 0.3 is 6.03 Å². The van der Waals surface area contributed by atoms with Gasteiger partial charge in [-0.05, 0) is 63.1 Å². The molecule has 0 aliphatic rings. The van der Waals surface area contributed by atoms with E-state index in [1.807, 2.05) is 45.9 Å². The lowest BCUT2D eigenvalue weighted by molar-refractivity contribution is 0.182. The maximum Gasteiger partial charge on any atom is 0.318 e. The number of carbonyl (C=O) groups excluding carboxylic acids is 1. The molecule has 7 heteroatoms. The molecule has 1 unspecified atom stereocenters. The third-order valence-corrected chi connectivity index (χ3v) is 4.90. The monoisotopic (exact) mass is 395 g/mol. The van der Waals surface area contributed by atoms with Crippen molar-refractivity contribution in [1.29, 1.82) is 0 Å². The van der Waals surface area contributed by atoms with Gasteiger partial charge in [0.2, 0.25) is 0 Å². The van der Waals surface area contributed by atoms with E-state index < -0.39 is 0 Å². The third kappa shape index (κ3) is 4.80. The summed E-state index contributed by atoms with van der Waals surface area (Å²) in [5.74, 6) is 0.454. The standard InChI is InChI=1S/C22H26FN5O/c1-5-27(17(4)19-7-9-20(23)10-8-19)22(29)25-14-18-6-11-21(24-13-18)28-16(3)12-15(2)26-28/h6-13,17H,5,14H2,1-4H3,(H,25,29). The van der Waals surface area contributed by atoms with Gasteiger partial charge in [0.1, 0.15) is 5.82 Å². The van der Waals surface area contributed by atoms with Crippen molar-refractivity contribution in [2.45, 2.75) is 40.3 Å². The Balaban J connectivity index is 1.62. The molecule has 0 bridgehead atoms. The van der Waals surface area contributed by atoms with Gasteiger partial charge in [-0.1, -0.05) is 18.2 Å². The Morgan fingerprint density at radius 2 is 1.93 bits per heavy atom. The summed E-state index contributed by atoms with van der Waals surface area (Å²) >= 11 is 0.